The minimum Gasteiger partial charge on any atom is -0.481 e. The molecule has 1 aliphatic rings. The van der Waals surface area contributed by atoms with Gasteiger partial charge in [0.1, 0.15) is 12.1 Å². The zero-order valence-corrected chi connectivity index (χ0v) is 14.6. The van der Waals surface area contributed by atoms with Crippen LogP contribution in [-0.2, 0) is 4.79 Å². The molecule has 0 bridgehead atoms. The fraction of sp³-hybridized carbons (Fsp3) is 0.353. The standard InChI is InChI=1S/C17H18FN5O4/c1-21(13-5-3-2-4-12(13)18)15-14(23(26)27)16(20-10-19-15)22-8-6-11(7-9-22)17(24)25/h2-5,10-11H,6-9H2,1H3,(H,24,25). The number of carboxylic acid groups (broad SMARTS) is 1. The average Bonchev–Trinajstić information content (AvgIpc) is 2.67. The predicted octanol–water partition coefficient (Wildman–Crippen LogP) is 2.59. The van der Waals surface area contributed by atoms with Crippen LogP contribution in [0.5, 0.6) is 0 Å². The first-order chi connectivity index (χ1) is 12.9. The van der Waals surface area contributed by atoms with Crippen LogP contribution in [0.1, 0.15) is 12.8 Å². The summed E-state index contributed by atoms with van der Waals surface area (Å²) in [5.74, 6) is -1.79. The lowest BCUT2D eigenvalue weighted by Crippen LogP contribution is -2.37. The number of halogens is 1. The molecule has 3 rings (SSSR count). The van der Waals surface area contributed by atoms with Gasteiger partial charge in [-0.2, -0.15) is 0 Å². The van der Waals surface area contributed by atoms with Crippen LogP contribution >= 0.6 is 0 Å². The monoisotopic (exact) mass is 375 g/mol. The van der Waals surface area contributed by atoms with E-state index < -0.39 is 22.6 Å². The van der Waals surface area contributed by atoms with Gasteiger partial charge in [0.2, 0.25) is 11.6 Å². The number of piperidine rings is 1. The second kappa shape index (κ2) is 7.52. The van der Waals surface area contributed by atoms with Crippen molar-refractivity contribution in [2.75, 3.05) is 29.9 Å². The maximum absolute atomic E-state index is 14.1. The molecule has 0 saturated carbocycles. The van der Waals surface area contributed by atoms with Crippen molar-refractivity contribution in [1.29, 1.82) is 0 Å². The van der Waals surface area contributed by atoms with E-state index in [1.54, 1.807) is 11.0 Å². The molecule has 2 aromatic rings. The van der Waals surface area contributed by atoms with Crippen LogP contribution in [-0.4, -0.2) is 46.1 Å². The molecule has 1 aromatic carbocycles. The molecule has 0 atom stereocenters. The van der Waals surface area contributed by atoms with E-state index in [0.29, 0.717) is 25.9 Å². The Bertz CT molecular complexity index is 870. The maximum atomic E-state index is 14.1. The molecule has 0 amide bonds. The molecule has 1 saturated heterocycles. The molecule has 0 aliphatic carbocycles. The van der Waals surface area contributed by atoms with Crippen LogP contribution in [0.2, 0.25) is 0 Å². The van der Waals surface area contributed by atoms with Crippen LogP contribution in [0, 0.1) is 21.8 Å². The Kier molecular flexibility index (Phi) is 5.15. The number of rotatable bonds is 5. The van der Waals surface area contributed by atoms with Crippen molar-refractivity contribution in [3.8, 4) is 0 Å². The molecule has 1 aromatic heterocycles. The van der Waals surface area contributed by atoms with E-state index in [2.05, 4.69) is 9.97 Å². The summed E-state index contributed by atoms with van der Waals surface area (Å²) in [7, 11) is 1.49. The number of carbonyl (C=O) groups is 1. The Hall–Kier alpha value is -3.30. The van der Waals surface area contributed by atoms with Crippen LogP contribution in [0.15, 0.2) is 30.6 Å². The molecule has 1 aliphatic heterocycles. The van der Waals surface area contributed by atoms with Crippen molar-refractivity contribution in [2.45, 2.75) is 12.8 Å². The van der Waals surface area contributed by atoms with E-state index >= 15 is 0 Å². The van der Waals surface area contributed by atoms with Crippen LogP contribution in [0.3, 0.4) is 0 Å². The third-order valence-electron chi connectivity index (χ3n) is 4.64. The lowest BCUT2D eigenvalue weighted by Gasteiger charge is -2.31. The Labute approximate surface area is 154 Å². The number of carboxylic acids is 1. The summed E-state index contributed by atoms with van der Waals surface area (Å²) in [5.41, 5.74) is -0.188. The Morgan fingerprint density at radius 3 is 2.59 bits per heavy atom. The van der Waals surface area contributed by atoms with Gasteiger partial charge >= 0.3 is 11.7 Å². The summed E-state index contributed by atoms with van der Waals surface area (Å²) < 4.78 is 14.1. The molecule has 142 valence electrons. The first kappa shape index (κ1) is 18.5. The fourth-order valence-electron chi connectivity index (χ4n) is 3.18. The summed E-state index contributed by atoms with van der Waals surface area (Å²) in [6.07, 6.45) is 1.93. The third-order valence-corrected chi connectivity index (χ3v) is 4.64. The Balaban J connectivity index is 1.98. The molecule has 9 nitrogen and oxygen atoms in total. The molecule has 27 heavy (non-hydrogen) atoms. The van der Waals surface area contributed by atoms with Gasteiger partial charge in [0, 0.05) is 20.1 Å². The first-order valence-corrected chi connectivity index (χ1v) is 8.35. The normalized spacial score (nSPS) is 14.8. The number of aromatic nitrogens is 2. The molecule has 0 spiro atoms. The topological polar surface area (TPSA) is 113 Å². The zero-order chi connectivity index (χ0) is 19.6. The molecule has 10 heteroatoms. The van der Waals surface area contributed by atoms with Crippen LogP contribution in [0.25, 0.3) is 0 Å². The Morgan fingerprint density at radius 2 is 2.00 bits per heavy atom. The van der Waals surface area contributed by atoms with E-state index in [-0.39, 0.29) is 23.0 Å². The summed E-state index contributed by atoms with van der Waals surface area (Å²) in [4.78, 5) is 33.3. The molecule has 1 fully saturated rings. The molecule has 0 unspecified atom stereocenters. The van der Waals surface area contributed by atoms with Gasteiger partial charge in [-0.3, -0.25) is 14.9 Å². The van der Waals surface area contributed by atoms with Gasteiger partial charge in [0.15, 0.2) is 0 Å². The van der Waals surface area contributed by atoms with Gasteiger partial charge in [-0.05, 0) is 25.0 Å². The quantitative estimate of drug-likeness (QED) is 0.627. The van der Waals surface area contributed by atoms with Gasteiger partial charge in [-0.25, -0.2) is 14.4 Å². The molecular formula is C17H18FN5O4. The van der Waals surface area contributed by atoms with Crippen LogP contribution < -0.4 is 9.80 Å². The van der Waals surface area contributed by atoms with E-state index in [1.165, 1.54) is 36.5 Å². The number of nitro groups is 1. The summed E-state index contributed by atoms with van der Waals surface area (Å²) in [6, 6.07) is 5.91. The smallest absolute Gasteiger partial charge is 0.353 e. The molecular weight excluding hydrogens is 357 g/mol. The van der Waals surface area contributed by atoms with Crippen molar-refractivity contribution in [3.05, 3.63) is 46.5 Å². The van der Waals surface area contributed by atoms with Crippen molar-refractivity contribution >= 4 is 29.0 Å². The van der Waals surface area contributed by atoms with E-state index in [0.717, 1.165) is 0 Å². The SMILES string of the molecule is CN(c1ccccc1F)c1ncnc(N2CCC(C(=O)O)CC2)c1[N+](=O)[O-]. The van der Waals surface area contributed by atoms with E-state index in [4.69, 9.17) is 5.11 Å². The van der Waals surface area contributed by atoms with E-state index in [9.17, 15) is 19.3 Å². The third kappa shape index (κ3) is 3.64. The largest absolute Gasteiger partial charge is 0.481 e. The Morgan fingerprint density at radius 1 is 1.33 bits per heavy atom. The van der Waals surface area contributed by atoms with Gasteiger partial charge in [-0.15, -0.1) is 0 Å². The van der Waals surface area contributed by atoms with Gasteiger partial charge in [0.25, 0.3) is 0 Å². The highest BCUT2D eigenvalue weighted by molar-refractivity contribution is 5.76. The van der Waals surface area contributed by atoms with E-state index in [1.807, 2.05) is 0 Å². The number of aliphatic carboxylic acids is 1. The molecule has 0 radical (unpaired) electrons. The minimum atomic E-state index is -0.869. The number of benzene rings is 1. The summed E-state index contributed by atoms with van der Waals surface area (Å²) in [5, 5.41) is 20.9. The van der Waals surface area contributed by atoms with Gasteiger partial charge in [-0.1, -0.05) is 12.1 Å². The summed E-state index contributed by atoms with van der Waals surface area (Å²) >= 11 is 0. The number of anilines is 3. The second-order valence-electron chi connectivity index (χ2n) is 6.24. The minimum absolute atomic E-state index is 0.0320. The maximum Gasteiger partial charge on any atom is 0.353 e. The average molecular weight is 375 g/mol. The lowest BCUT2D eigenvalue weighted by molar-refractivity contribution is -0.383. The van der Waals surface area contributed by atoms with Gasteiger partial charge in [0.05, 0.1) is 16.5 Å². The lowest BCUT2D eigenvalue weighted by atomic mass is 9.97. The highest BCUT2D eigenvalue weighted by Crippen LogP contribution is 2.38. The predicted molar refractivity (Wildman–Crippen MR) is 95.7 cm³/mol. The number of nitrogens with zero attached hydrogens (tertiary/aromatic N) is 5. The van der Waals surface area contributed by atoms with Crippen LogP contribution in [0.4, 0.5) is 27.4 Å². The first-order valence-electron chi connectivity index (χ1n) is 8.35. The van der Waals surface area contributed by atoms with Crippen molar-refractivity contribution in [1.82, 2.24) is 9.97 Å². The fourth-order valence-corrected chi connectivity index (χ4v) is 3.18. The molecule has 2 heterocycles. The highest BCUT2D eigenvalue weighted by Gasteiger charge is 2.33. The van der Waals surface area contributed by atoms with Crippen molar-refractivity contribution < 1.29 is 19.2 Å². The zero-order valence-electron chi connectivity index (χ0n) is 14.6. The highest BCUT2D eigenvalue weighted by atomic mass is 19.1. The van der Waals surface area contributed by atoms with Gasteiger partial charge < -0.3 is 14.9 Å². The van der Waals surface area contributed by atoms with Crippen molar-refractivity contribution in [2.24, 2.45) is 5.92 Å². The number of hydrogen-bond donors (Lipinski definition) is 1. The number of hydrogen-bond acceptors (Lipinski definition) is 7. The molecule has 1 N–H and O–H groups in total. The second-order valence-corrected chi connectivity index (χ2v) is 6.24. The van der Waals surface area contributed by atoms with Crippen molar-refractivity contribution in [3.63, 3.8) is 0 Å². The summed E-state index contributed by atoms with van der Waals surface area (Å²) in [6.45, 7) is 0.662. The number of para-hydroxylation sites is 1.